The van der Waals surface area contributed by atoms with Crippen LogP contribution in [0.5, 0.6) is 0 Å². The minimum absolute atomic E-state index is 0.104. The van der Waals surface area contributed by atoms with Gasteiger partial charge in [-0.25, -0.2) is 4.98 Å². The van der Waals surface area contributed by atoms with Gasteiger partial charge in [0, 0.05) is 17.5 Å². The number of carbonyl (C=O) groups excluding carboxylic acids is 1. The van der Waals surface area contributed by atoms with Crippen LogP contribution in [0.4, 0.5) is 5.69 Å². The second-order valence-electron chi connectivity index (χ2n) is 4.74. The van der Waals surface area contributed by atoms with E-state index >= 15 is 0 Å². The monoisotopic (exact) mass is 313 g/mol. The third-order valence-corrected chi connectivity index (χ3v) is 4.38. The molecule has 5 nitrogen and oxygen atoms in total. The van der Waals surface area contributed by atoms with Gasteiger partial charge in [0.2, 0.25) is 0 Å². The molecule has 0 saturated heterocycles. The number of aliphatic hydroxyl groups is 1. The molecule has 0 aliphatic rings. The largest absolute Gasteiger partial charge is 0.397 e. The molecule has 3 aromatic rings. The third-order valence-electron chi connectivity index (χ3n) is 3.27. The summed E-state index contributed by atoms with van der Waals surface area (Å²) in [6, 6.07) is 13.6. The fraction of sp³-hybridized carbons (Fsp3) is 0.125. The van der Waals surface area contributed by atoms with E-state index in [0.717, 1.165) is 21.5 Å². The number of nitrogens with one attached hydrogen (secondary N) is 1. The van der Waals surface area contributed by atoms with E-state index in [2.05, 4.69) is 10.3 Å². The number of rotatable bonds is 4. The first-order valence-corrected chi connectivity index (χ1v) is 7.66. The van der Waals surface area contributed by atoms with E-state index in [4.69, 9.17) is 10.8 Å². The quantitative estimate of drug-likeness (QED) is 0.689. The van der Waals surface area contributed by atoms with Gasteiger partial charge in [-0.05, 0) is 12.1 Å². The van der Waals surface area contributed by atoms with Crippen molar-refractivity contribution in [3.05, 3.63) is 47.3 Å². The van der Waals surface area contributed by atoms with Crippen molar-refractivity contribution in [1.29, 1.82) is 0 Å². The fourth-order valence-corrected chi connectivity index (χ4v) is 3.20. The summed E-state index contributed by atoms with van der Waals surface area (Å²) in [6.07, 6.45) is 0. The van der Waals surface area contributed by atoms with Crippen molar-refractivity contribution in [1.82, 2.24) is 10.3 Å². The molecule has 0 aliphatic heterocycles. The smallest absolute Gasteiger partial charge is 0.263 e. The lowest BCUT2D eigenvalue weighted by molar-refractivity contribution is 0.0949. The average molecular weight is 313 g/mol. The molecule has 1 amide bonds. The molecule has 4 N–H and O–H groups in total. The van der Waals surface area contributed by atoms with Gasteiger partial charge in [0.05, 0.1) is 18.0 Å². The van der Waals surface area contributed by atoms with Gasteiger partial charge >= 0.3 is 0 Å². The maximum absolute atomic E-state index is 12.0. The van der Waals surface area contributed by atoms with Crippen LogP contribution >= 0.6 is 11.3 Å². The number of hydrogen-bond donors (Lipinski definition) is 3. The van der Waals surface area contributed by atoms with Crippen molar-refractivity contribution in [2.24, 2.45) is 0 Å². The molecule has 1 aromatic carbocycles. The Bertz CT molecular complexity index is 815. The van der Waals surface area contributed by atoms with Gasteiger partial charge in [-0.1, -0.05) is 30.3 Å². The summed E-state index contributed by atoms with van der Waals surface area (Å²) in [5.41, 5.74) is 8.34. The van der Waals surface area contributed by atoms with Gasteiger partial charge in [-0.2, -0.15) is 0 Å². The zero-order chi connectivity index (χ0) is 15.5. The number of thiophene rings is 1. The van der Waals surface area contributed by atoms with E-state index < -0.39 is 0 Å². The molecule has 0 bridgehead atoms. The summed E-state index contributed by atoms with van der Waals surface area (Å²) in [5, 5.41) is 12.2. The van der Waals surface area contributed by atoms with Crippen molar-refractivity contribution in [3.8, 4) is 11.3 Å². The molecule has 6 heteroatoms. The van der Waals surface area contributed by atoms with Crippen LogP contribution in [0.25, 0.3) is 21.5 Å². The Morgan fingerprint density at radius 3 is 2.73 bits per heavy atom. The van der Waals surface area contributed by atoms with E-state index in [1.807, 2.05) is 42.5 Å². The van der Waals surface area contributed by atoms with E-state index in [1.165, 1.54) is 11.3 Å². The number of nitrogens with two attached hydrogens (primary N) is 1. The molecule has 2 heterocycles. The maximum atomic E-state index is 12.0. The van der Waals surface area contributed by atoms with E-state index in [9.17, 15) is 4.79 Å². The van der Waals surface area contributed by atoms with E-state index in [1.54, 1.807) is 0 Å². The molecule has 112 valence electrons. The minimum atomic E-state index is -0.282. The van der Waals surface area contributed by atoms with Crippen LogP contribution in [0.3, 0.4) is 0 Å². The second-order valence-corrected chi connectivity index (χ2v) is 5.74. The molecule has 0 unspecified atom stereocenters. The zero-order valence-electron chi connectivity index (χ0n) is 11.7. The molecular weight excluding hydrogens is 298 g/mol. The normalized spacial score (nSPS) is 10.8. The number of nitrogens with zero attached hydrogens (tertiary/aromatic N) is 1. The summed E-state index contributed by atoms with van der Waals surface area (Å²) in [5.74, 6) is -0.282. The lowest BCUT2D eigenvalue weighted by atomic mass is 10.1. The van der Waals surface area contributed by atoms with Crippen molar-refractivity contribution in [2.75, 3.05) is 18.9 Å². The number of aliphatic hydroxyl groups excluding tert-OH is 1. The molecule has 2 aromatic heterocycles. The summed E-state index contributed by atoms with van der Waals surface area (Å²) in [6.45, 7) is 0.0994. The minimum Gasteiger partial charge on any atom is -0.397 e. The molecule has 0 radical (unpaired) electrons. The lowest BCUT2D eigenvalue weighted by Crippen LogP contribution is -2.26. The molecular formula is C16H15N3O2S. The Balaban J connectivity index is 2.01. The van der Waals surface area contributed by atoms with Crippen molar-refractivity contribution in [2.45, 2.75) is 0 Å². The van der Waals surface area contributed by atoms with Gasteiger partial charge < -0.3 is 16.2 Å². The predicted octanol–water partition coefficient (Wildman–Crippen LogP) is 2.27. The van der Waals surface area contributed by atoms with Gasteiger partial charge in [-0.3, -0.25) is 4.79 Å². The van der Waals surface area contributed by atoms with Crippen molar-refractivity contribution >= 4 is 33.1 Å². The first kappa shape index (κ1) is 14.5. The highest BCUT2D eigenvalue weighted by molar-refractivity contribution is 7.21. The van der Waals surface area contributed by atoms with Crippen molar-refractivity contribution < 1.29 is 9.90 Å². The van der Waals surface area contributed by atoms with Crippen LogP contribution in [-0.2, 0) is 0 Å². The molecule has 0 spiro atoms. The summed E-state index contributed by atoms with van der Waals surface area (Å²) >= 11 is 1.26. The van der Waals surface area contributed by atoms with Gasteiger partial charge in [0.15, 0.2) is 0 Å². The second kappa shape index (κ2) is 6.13. The van der Waals surface area contributed by atoms with Gasteiger partial charge in [0.1, 0.15) is 9.71 Å². The summed E-state index contributed by atoms with van der Waals surface area (Å²) in [7, 11) is 0. The highest BCUT2D eigenvalue weighted by Crippen LogP contribution is 2.34. The van der Waals surface area contributed by atoms with Gasteiger partial charge in [-0.15, -0.1) is 11.3 Å². The number of anilines is 1. The van der Waals surface area contributed by atoms with Crippen LogP contribution in [0, 0.1) is 0 Å². The number of amides is 1. The number of nitrogen functional groups attached to an aromatic ring is 1. The van der Waals surface area contributed by atoms with Gasteiger partial charge in [0.25, 0.3) is 5.91 Å². The highest BCUT2D eigenvalue weighted by Gasteiger charge is 2.17. The first-order valence-electron chi connectivity index (χ1n) is 6.84. The fourth-order valence-electron chi connectivity index (χ4n) is 2.19. The van der Waals surface area contributed by atoms with Crippen LogP contribution in [0.2, 0.25) is 0 Å². The van der Waals surface area contributed by atoms with E-state index in [-0.39, 0.29) is 19.1 Å². The first-order chi connectivity index (χ1) is 10.7. The Morgan fingerprint density at radius 2 is 2.00 bits per heavy atom. The van der Waals surface area contributed by atoms with Crippen LogP contribution in [0.1, 0.15) is 9.67 Å². The lowest BCUT2D eigenvalue weighted by Gasteiger charge is -2.01. The molecule has 3 rings (SSSR count). The zero-order valence-corrected chi connectivity index (χ0v) is 12.6. The standard InChI is InChI=1S/C16H15N3O2S/c17-13-11-6-7-12(10-4-2-1-3-5-10)19-16(11)22-14(13)15(21)18-8-9-20/h1-7,20H,8-9,17H2,(H,18,21). The summed E-state index contributed by atoms with van der Waals surface area (Å²) in [4.78, 5) is 17.8. The Morgan fingerprint density at radius 1 is 1.23 bits per heavy atom. The number of carbonyl (C=O) groups is 1. The summed E-state index contributed by atoms with van der Waals surface area (Å²) < 4.78 is 0. The SMILES string of the molecule is Nc1c(C(=O)NCCO)sc2nc(-c3ccccc3)ccc12. The van der Waals surface area contributed by atoms with Crippen LogP contribution in [0.15, 0.2) is 42.5 Å². The third kappa shape index (κ3) is 2.66. The van der Waals surface area contributed by atoms with Crippen molar-refractivity contribution in [3.63, 3.8) is 0 Å². The maximum Gasteiger partial charge on any atom is 0.263 e. The number of fused-ring (bicyclic) bond motifs is 1. The Kier molecular flexibility index (Phi) is 4.04. The number of aromatic nitrogens is 1. The Labute approximate surface area is 131 Å². The molecule has 0 saturated carbocycles. The average Bonchev–Trinajstić information content (AvgIpc) is 2.90. The Hall–Kier alpha value is -2.44. The number of pyridine rings is 1. The van der Waals surface area contributed by atoms with Crippen LogP contribution in [-0.4, -0.2) is 29.1 Å². The topological polar surface area (TPSA) is 88.2 Å². The predicted molar refractivity (Wildman–Crippen MR) is 88.9 cm³/mol. The molecule has 0 aliphatic carbocycles. The molecule has 0 atom stereocenters. The molecule has 22 heavy (non-hydrogen) atoms. The number of hydrogen-bond acceptors (Lipinski definition) is 5. The van der Waals surface area contributed by atoms with E-state index in [0.29, 0.717) is 10.6 Å². The highest BCUT2D eigenvalue weighted by atomic mass is 32.1. The van der Waals surface area contributed by atoms with Crippen LogP contribution < -0.4 is 11.1 Å². The number of benzene rings is 1. The molecule has 0 fully saturated rings.